The number of hydrogen-bond donors (Lipinski definition) is 0. The van der Waals surface area contributed by atoms with Crippen LogP contribution in [0.3, 0.4) is 0 Å². The van der Waals surface area contributed by atoms with Gasteiger partial charge >= 0.3 is 0 Å². The molecule has 2 aromatic carbocycles. The highest BCUT2D eigenvalue weighted by molar-refractivity contribution is 9.10. The van der Waals surface area contributed by atoms with Crippen LogP contribution in [0.5, 0.6) is 5.75 Å². The van der Waals surface area contributed by atoms with Crippen molar-refractivity contribution in [1.82, 2.24) is 0 Å². The number of benzene rings is 2. The zero-order valence-corrected chi connectivity index (χ0v) is 13.5. The molecule has 0 fully saturated rings. The van der Waals surface area contributed by atoms with Gasteiger partial charge in [-0.3, -0.25) is 4.79 Å². The van der Waals surface area contributed by atoms with Crippen molar-refractivity contribution in [1.29, 1.82) is 0 Å². The molecule has 0 unspecified atom stereocenters. The number of carbonyl (C=O) groups excluding carboxylic acids is 1. The fourth-order valence-corrected chi connectivity index (χ4v) is 2.50. The van der Waals surface area contributed by atoms with Gasteiger partial charge in [0.1, 0.15) is 5.75 Å². The number of rotatable bonds is 4. The molecule has 0 N–H and O–H groups in total. The highest BCUT2D eigenvalue weighted by atomic mass is 79.9. The molecule has 2 nitrogen and oxygen atoms in total. The normalized spacial score (nSPS) is 10.4. The highest BCUT2D eigenvalue weighted by Gasteiger charge is 2.12. The van der Waals surface area contributed by atoms with Gasteiger partial charge in [-0.2, -0.15) is 0 Å². The second kappa shape index (κ2) is 6.23. The molecule has 0 bridgehead atoms. The molecule has 3 heteroatoms. The predicted octanol–water partition coefficient (Wildman–Crippen LogP) is 4.50. The van der Waals surface area contributed by atoms with E-state index in [0.29, 0.717) is 6.42 Å². The van der Waals surface area contributed by atoms with Crippen molar-refractivity contribution in [2.75, 3.05) is 7.11 Å². The largest absolute Gasteiger partial charge is 0.497 e. The summed E-state index contributed by atoms with van der Waals surface area (Å²) in [5, 5.41) is 0. The second-order valence-corrected chi connectivity index (χ2v) is 5.73. The number of methoxy groups -OCH3 is 1. The number of Topliss-reactive ketones (excluding diaryl/α,β-unsaturated/α-hetero) is 1. The molecule has 0 saturated carbocycles. The van der Waals surface area contributed by atoms with Crippen molar-refractivity contribution in [3.05, 3.63) is 63.1 Å². The van der Waals surface area contributed by atoms with Gasteiger partial charge in [-0.1, -0.05) is 33.6 Å². The smallest absolute Gasteiger partial charge is 0.167 e. The first-order valence-electron chi connectivity index (χ1n) is 6.44. The minimum Gasteiger partial charge on any atom is -0.497 e. The van der Waals surface area contributed by atoms with Crippen LogP contribution in [-0.2, 0) is 6.42 Å². The molecule has 0 spiro atoms. The van der Waals surface area contributed by atoms with Gasteiger partial charge in [0.2, 0.25) is 0 Å². The Balaban J connectivity index is 2.30. The van der Waals surface area contributed by atoms with E-state index in [2.05, 4.69) is 15.9 Å². The zero-order valence-electron chi connectivity index (χ0n) is 11.9. The van der Waals surface area contributed by atoms with Crippen molar-refractivity contribution in [2.45, 2.75) is 20.3 Å². The van der Waals surface area contributed by atoms with Crippen LogP contribution in [0.25, 0.3) is 0 Å². The summed E-state index contributed by atoms with van der Waals surface area (Å²) >= 11 is 3.49. The van der Waals surface area contributed by atoms with Gasteiger partial charge in [-0.25, -0.2) is 0 Å². The van der Waals surface area contributed by atoms with E-state index in [1.807, 2.05) is 50.2 Å². The minimum absolute atomic E-state index is 0.125. The third-order valence-electron chi connectivity index (χ3n) is 3.30. The first-order chi connectivity index (χ1) is 9.51. The summed E-state index contributed by atoms with van der Waals surface area (Å²) in [5.41, 5.74) is 3.85. The molecule has 20 heavy (non-hydrogen) atoms. The van der Waals surface area contributed by atoms with E-state index >= 15 is 0 Å². The van der Waals surface area contributed by atoms with Crippen LogP contribution in [0.1, 0.15) is 27.0 Å². The molecule has 0 aromatic heterocycles. The Kier molecular flexibility index (Phi) is 4.61. The van der Waals surface area contributed by atoms with Crippen LogP contribution in [0, 0.1) is 13.8 Å². The molecule has 0 radical (unpaired) electrons. The minimum atomic E-state index is 0.125. The number of aryl methyl sites for hydroxylation is 2. The summed E-state index contributed by atoms with van der Waals surface area (Å²) in [5.74, 6) is 0.886. The number of halogens is 1. The molecule has 2 aromatic rings. The third-order valence-corrected chi connectivity index (χ3v) is 4.07. The highest BCUT2D eigenvalue weighted by Crippen LogP contribution is 2.24. The van der Waals surface area contributed by atoms with Gasteiger partial charge in [0, 0.05) is 16.5 Å². The predicted molar refractivity (Wildman–Crippen MR) is 84.6 cm³/mol. The van der Waals surface area contributed by atoms with Crippen LogP contribution >= 0.6 is 15.9 Å². The monoisotopic (exact) mass is 332 g/mol. The summed E-state index contributed by atoms with van der Waals surface area (Å²) in [4.78, 5) is 12.5. The molecule has 0 aliphatic rings. The maximum Gasteiger partial charge on any atom is 0.167 e. The fraction of sp³-hybridized carbons (Fsp3) is 0.235. The Morgan fingerprint density at radius 2 is 1.90 bits per heavy atom. The lowest BCUT2D eigenvalue weighted by molar-refractivity contribution is 0.0992. The molecule has 0 atom stereocenters. The molecule has 104 valence electrons. The number of ketones is 1. The van der Waals surface area contributed by atoms with E-state index in [1.165, 1.54) is 0 Å². The molecular formula is C17H17BrO2. The van der Waals surface area contributed by atoms with Gasteiger partial charge in [-0.05, 0) is 49.2 Å². The lowest BCUT2D eigenvalue weighted by Gasteiger charge is -2.09. The average Bonchev–Trinajstić information content (AvgIpc) is 2.43. The Hall–Kier alpha value is -1.61. The molecule has 2 rings (SSSR count). The zero-order chi connectivity index (χ0) is 14.7. The molecule has 0 saturated heterocycles. The van der Waals surface area contributed by atoms with E-state index < -0.39 is 0 Å². The number of hydrogen-bond acceptors (Lipinski definition) is 2. The molecule has 0 heterocycles. The van der Waals surface area contributed by atoms with Crippen molar-refractivity contribution in [3.63, 3.8) is 0 Å². The summed E-state index contributed by atoms with van der Waals surface area (Å²) in [6.45, 7) is 3.96. The van der Waals surface area contributed by atoms with Crippen LogP contribution in [0.4, 0.5) is 0 Å². The number of ether oxygens (including phenoxy) is 1. The summed E-state index contributed by atoms with van der Waals surface area (Å²) < 4.78 is 6.14. The quantitative estimate of drug-likeness (QED) is 0.770. The Labute approximate surface area is 127 Å². The summed E-state index contributed by atoms with van der Waals surface area (Å²) in [6.07, 6.45) is 0.363. The SMILES string of the molecule is COc1ccc(Br)c(CC(=O)c2cc(C)ccc2C)c1. The first kappa shape index (κ1) is 14.8. The fourth-order valence-electron chi connectivity index (χ4n) is 2.12. The van der Waals surface area contributed by atoms with Crippen LogP contribution < -0.4 is 4.74 Å². The Bertz CT molecular complexity index is 647. The molecule has 0 aliphatic heterocycles. The lowest BCUT2D eigenvalue weighted by atomic mass is 9.97. The van der Waals surface area contributed by atoms with Crippen molar-refractivity contribution in [3.8, 4) is 5.75 Å². The Morgan fingerprint density at radius 1 is 1.15 bits per heavy atom. The van der Waals surface area contributed by atoms with Crippen LogP contribution in [-0.4, -0.2) is 12.9 Å². The van der Waals surface area contributed by atoms with E-state index in [1.54, 1.807) is 7.11 Å². The average molecular weight is 333 g/mol. The molecular weight excluding hydrogens is 316 g/mol. The maximum atomic E-state index is 12.5. The van der Waals surface area contributed by atoms with E-state index in [-0.39, 0.29) is 5.78 Å². The second-order valence-electron chi connectivity index (χ2n) is 4.88. The van der Waals surface area contributed by atoms with E-state index in [9.17, 15) is 4.79 Å². The molecule has 0 amide bonds. The first-order valence-corrected chi connectivity index (χ1v) is 7.23. The Morgan fingerprint density at radius 3 is 2.60 bits per heavy atom. The summed E-state index contributed by atoms with van der Waals surface area (Å²) in [7, 11) is 1.62. The number of carbonyl (C=O) groups is 1. The van der Waals surface area contributed by atoms with Crippen molar-refractivity contribution >= 4 is 21.7 Å². The van der Waals surface area contributed by atoms with Gasteiger partial charge < -0.3 is 4.74 Å². The van der Waals surface area contributed by atoms with Gasteiger partial charge in [-0.15, -0.1) is 0 Å². The summed E-state index contributed by atoms with van der Waals surface area (Å²) in [6, 6.07) is 11.6. The van der Waals surface area contributed by atoms with Gasteiger partial charge in [0.15, 0.2) is 5.78 Å². The topological polar surface area (TPSA) is 26.3 Å². The van der Waals surface area contributed by atoms with Crippen LogP contribution in [0.15, 0.2) is 40.9 Å². The third kappa shape index (κ3) is 3.28. The molecule has 0 aliphatic carbocycles. The van der Waals surface area contributed by atoms with E-state index in [4.69, 9.17) is 4.74 Å². The van der Waals surface area contributed by atoms with Gasteiger partial charge in [0.05, 0.1) is 7.11 Å². The van der Waals surface area contributed by atoms with E-state index in [0.717, 1.165) is 32.5 Å². The van der Waals surface area contributed by atoms with Crippen molar-refractivity contribution in [2.24, 2.45) is 0 Å². The lowest BCUT2D eigenvalue weighted by Crippen LogP contribution is -2.06. The maximum absolute atomic E-state index is 12.5. The van der Waals surface area contributed by atoms with Gasteiger partial charge in [0.25, 0.3) is 0 Å². The standard InChI is InChI=1S/C17H17BrO2/c1-11-4-5-12(2)15(8-11)17(19)10-13-9-14(20-3)6-7-16(13)18/h4-9H,10H2,1-3H3. The van der Waals surface area contributed by atoms with Crippen LogP contribution in [0.2, 0.25) is 0 Å². The van der Waals surface area contributed by atoms with Crippen molar-refractivity contribution < 1.29 is 9.53 Å².